The third-order valence-electron chi connectivity index (χ3n) is 4.95. The first-order valence-corrected chi connectivity index (χ1v) is 9.45. The number of aromatic hydroxyl groups is 1. The fourth-order valence-corrected chi connectivity index (χ4v) is 3.90. The van der Waals surface area contributed by atoms with E-state index in [1.54, 1.807) is 6.07 Å². The SMILES string of the molecule is Cc1c(Br)ccc(O)c1NC(=O)OCC1c2ccccc2-c2ccccc21. The van der Waals surface area contributed by atoms with Crippen LogP contribution >= 0.6 is 15.9 Å². The van der Waals surface area contributed by atoms with Gasteiger partial charge in [0.05, 0.1) is 5.69 Å². The van der Waals surface area contributed by atoms with Crippen LogP contribution in [-0.2, 0) is 4.74 Å². The number of carbonyl (C=O) groups is 1. The molecule has 0 bridgehead atoms. The second kappa shape index (κ2) is 7.08. The number of benzene rings is 3. The standard InChI is InChI=1S/C22H18BrNO3/c1-13-19(23)10-11-20(25)21(13)24-22(26)27-12-18-16-8-4-2-6-14(16)15-7-3-5-9-17(15)18/h2-11,18,25H,12H2,1H3,(H,24,26). The minimum Gasteiger partial charge on any atom is -0.506 e. The van der Waals surface area contributed by atoms with E-state index in [0.717, 1.165) is 21.2 Å². The number of hydrogen-bond donors (Lipinski definition) is 2. The second-order valence-corrected chi connectivity index (χ2v) is 7.37. The van der Waals surface area contributed by atoms with Crippen molar-refractivity contribution in [2.45, 2.75) is 12.8 Å². The smallest absolute Gasteiger partial charge is 0.411 e. The molecule has 3 aromatic rings. The van der Waals surface area contributed by atoms with Gasteiger partial charge in [-0.05, 0) is 46.9 Å². The summed E-state index contributed by atoms with van der Waals surface area (Å²) in [6, 6.07) is 19.6. The zero-order chi connectivity index (χ0) is 19.0. The molecule has 0 atom stereocenters. The Balaban J connectivity index is 1.53. The maximum Gasteiger partial charge on any atom is 0.411 e. The number of amides is 1. The van der Waals surface area contributed by atoms with Gasteiger partial charge in [-0.3, -0.25) is 5.32 Å². The lowest BCUT2D eigenvalue weighted by molar-refractivity contribution is 0.158. The number of anilines is 1. The third kappa shape index (κ3) is 3.19. The van der Waals surface area contributed by atoms with Crippen molar-refractivity contribution in [3.05, 3.63) is 81.8 Å². The van der Waals surface area contributed by atoms with E-state index >= 15 is 0 Å². The summed E-state index contributed by atoms with van der Waals surface area (Å²) in [7, 11) is 0. The van der Waals surface area contributed by atoms with Gasteiger partial charge in [0.25, 0.3) is 0 Å². The Kier molecular flexibility index (Phi) is 4.62. The van der Waals surface area contributed by atoms with Crippen molar-refractivity contribution in [2.24, 2.45) is 0 Å². The molecule has 0 spiro atoms. The minimum absolute atomic E-state index is 0.000327. The summed E-state index contributed by atoms with van der Waals surface area (Å²) in [4.78, 5) is 12.3. The van der Waals surface area contributed by atoms with E-state index < -0.39 is 6.09 Å². The molecule has 1 aliphatic rings. The lowest BCUT2D eigenvalue weighted by Crippen LogP contribution is -2.18. The van der Waals surface area contributed by atoms with Crippen molar-refractivity contribution in [3.63, 3.8) is 0 Å². The van der Waals surface area contributed by atoms with Gasteiger partial charge in [0.2, 0.25) is 0 Å². The van der Waals surface area contributed by atoms with Crippen LogP contribution in [0.5, 0.6) is 5.75 Å². The first-order chi connectivity index (χ1) is 13.1. The molecule has 0 saturated carbocycles. The summed E-state index contributed by atoms with van der Waals surface area (Å²) >= 11 is 3.40. The molecule has 1 aliphatic carbocycles. The van der Waals surface area contributed by atoms with Gasteiger partial charge in [-0.15, -0.1) is 0 Å². The average Bonchev–Trinajstić information content (AvgIpc) is 3.01. The highest BCUT2D eigenvalue weighted by molar-refractivity contribution is 9.10. The van der Waals surface area contributed by atoms with Crippen molar-refractivity contribution < 1.29 is 14.6 Å². The minimum atomic E-state index is -0.589. The number of rotatable bonds is 3. The van der Waals surface area contributed by atoms with Crippen LogP contribution in [0.2, 0.25) is 0 Å². The summed E-state index contributed by atoms with van der Waals surface area (Å²) in [5, 5.41) is 12.7. The molecule has 0 heterocycles. The molecule has 3 aromatic carbocycles. The number of phenolic OH excluding ortho intramolecular Hbond substituents is 1. The van der Waals surface area contributed by atoms with E-state index in [1.165, 1.54) is 17.2 Å². The first kappa shape index (κ1) is 17.6. The zero-order valence-electron chi connectivity index (χ0n) is 14.7. The van der Waals surface area contributed by atoms with E-state index in [9.17, 15) is 9.90 Å². The van der Waals surface area contributed by atoms with Crippen LogP contribution in [-0.4, -0.2) is 17.8 Å². The summed E-state index contributed by atoms with van der Waals surface area (Å²) in [5.74, 6) is 0.00422. The largest absolute Gasteiger partial charge is 0.506 e. The Labute approximate surface area is 165 Å². The first-order valence-electron chi connectivity index (χ1n) is 8.66. The Morgan fingerprint density at radius 2 is 1.63 bits per heavy atom. The normalized spacial score (nSPS) is 12.4. The molecule has 27 heavy (non-hydrogen) atoms. The summed E-state index contributed by atoms with van der Waals surface area (Å²) in [6.07, 6.45) is -0.589. The van der Waals surface area contributed by atoms with Crippen molar-refractivity contribution >= 4 is 27.7 Å². The fraction of sp³-hybridized carbons (Fsp3) is 0.136. The molecule has 0 unspecified atom stereocenters. The molecule has 4 rings (SSSR count). The molecular weight excluding hydrogens is 406 g/mol. The third-order valence-corrected chi connectivity index (χ3v) is 5.81. The molecule has 136 valence electrons. The molecule has 0 saturated heterocycles. The van der Waals surface area contributed by atoms with Gasteiger partial charge in [-0.2, -0.15) is 0 Å². The molecule has 1 amide bonds. The van der Waals surface area contributed by atoms with E-state index in [0.29, 0.717) is 5.69 Å². The van der Waals surface area contributed by atoms with Crippen LogP contribution in [0.15, 0.2) is 65.1 Å². The second-order valence-electron chi connectivity index (χ2n) is 6.52. The molecule has 4 nitrogen and oxygen atoms in total. The number of halogens is 1. The maximum atomic E-state index is 12.3. The molecular formula is C22H18BrNO3. The highest BCUT2D eigenvalue weighted by atomic mass is 79.9. The summed E-state index contributed by atoms with van der Waals surface area (Å²) in [6.45, 7) is 2.04. The Hall–Kier alpha value is -2.79. The van der Waals surface area contributed by atoms with E-state index in [2.05, 4.69) is 45.5 Å². The Bertz CT molecular complexity index is 986. The number of fused-ring (bicyclic) bond motifs is 3. The Morgan fingerprint density at radius 3 is 2.26 bits per heavy atom. The van der Waals surface area contributed by atoms with Gasteiger partial charge < -0.3 is 9.84 Å². The number of hydrogen-bond acceptors (Lipinski definition) is 3. The fourth-order valence-electron chi connectivity index (χ4n) is 3.57. The van der Waals surface area contributed by atoms with Gasteiger partial charge in [0.15, 0.2) is 0 Å². The van der Waals surface area contributed by atoms with Crippen LogP contribution in [0.3, 0.4) is 0 Å². The van der Waals surface area contributed by atoms with E-state index in [4.69, 9.17) is 4.74 Å². The van der Waals surface area contributed by atoms with Crippen LogP contribution in [0.1, 0.15) is 22.6 Å². The van der Waals surface area contributed by atoms with E-state index in [-0.39, 0.29) is 18.3 Å². The van der Waals surface area contributed by atoms with Crippen LogP contribution in [0.4, 0.5) is 10.5 Å². The number of ether oxygens (including phenoxy) is 1. The van der Waals surface area contributed by atoms with Crippen LogP contribution in [0.25, 0.3) is 11.1 Å². The number of carbonyl (C=O) groups excluding carboxylic acids is 1. The molecule has 5 heteroatoms. The molecule has 0 radical (unpaired) electrons. The van der Waals surface area contributed by atoms with Gasteiger partial charge in [-0.25, -0.2) is 4.79 Å². The van der Waals surface area contributed by atoms with Crippen molar-refractivity contribution in [2.75, 3.05) is 11.9 Å². The van der Waals surface area contributed by atoms with Crippen molar-refractivity contribution in [1.82, 2.24) is 0 Å². The monoisotopic (exact) mass is 423 g/mol. The summed E-state index contributed by atoms with van der Waals surface area (Å²) < 4.78 is 6.32. The molecule has 0 fully saturated rings. The molecule has 2 N–H and O–H groups in total. The van der Waals surface area contributed by atoms with Gasteiger partial charge in [0, 0.05) is 10.4 Å². The zero-order valence-corrected chi connectivity index (χ0v) is 16.3. The summed E-state index contributed by atoms with van der Waals surface area (Å²) in [5.41, 5.74) is 5.77. The van der Waals surface area contributed by atoms with E-state index in [1.807, 2.05) is 31.2 Å². The highest BCUT2D eigenvalue weighted by Crippen LogP contribution is 2.44. The maximum absolute atomic E-state index is 12.3. The predicted molar refractivity (Wildman–Crippen MR) is 109 cm³/mol. The van der Waals surface area contributed by atoms with Crippen LogP contribution in [0, 0.1) is 6.92 Å². The van der Waals surface area contributed by atoms with Gasteiger partial charge >= 0.3 is 6.09 Å². The highest BCUT2D eigenvalue weighted by Gasteiger charge is 2.29. The number of nitrogens with one attached hydrogen (secondary N) is 1. The van der Waals surface area contributed by atoms with Crippen molar-refractivity contribution in [1.29, 1.82) is 0 Å². The quantitative estimate of drug-likeness (QED) is 0.521. The molecule has 0 aromatic heterocycles. The van der Waals surface area contributed by atoms with Gasteiger partial charge in [-0.1, -0.05) is 64.5 Å². The lowest BCUT2D eigenvalue weighted by Gasteiger charge is -2.16. The van der Waals surface area contributed by atoms with Gasteiger partial charge in [0.1, 0.15) is 12.4 Å². The Morgan fingerprint density at radius 1 is 1.04 bits per heavy atom. The average molecular weight is 424 g/mol. The lowest BCUT2D eigenvalue weighted by atomic mass is 9.98. The molecule has 0 aliphatic heterocycles. The van der Waals surface area contributed by atoms with Crippen molar-refractivity contribution in [3.8, 4) is 16.9 Å². The van der Waals surface area contributed by atoms with Crippen LogP contribution < -0.4 is 5.32 Å². The number of phenols is 1. The topological polar surface area (TPSA) is 58.6 Å². The predicted octanol–water partition coefficient (Wildman–Crippen LogP) is 5.82.